The molecule has 0 spiro atoms. The monoisotopic (exact) mass is 460 g/mol. The minimum Gasteiger partial charge on any atom is -0.282 e. The quantitative estimate of drug-likeness (QED) is 0.496. The van der Waals surface area contributed by atoms with E-state index in [9.17, 15) is 25.9 Å². The molecule has 3 aromatic carbocycles. The summed E-state index contributed by atoms with van der Waals surface area (Å²) in [4.78, 5) is -0.450. The molecule has 3 rings (SSSR count). The summed E-state index contributed by atoms with van der Waals surface area (Å²) in [6, 6.07) is 14.6. The van der Waals surface area contributed by atoms with E-state index >= 15 is 0 Å². The lowest BCUT2D eigenvalue weighted by atomic mass is 9.93. The summed E-state index contributed by atoms with van der Waals surface area (Å²) in [6.07, 6.45) is 1.50. The minimum atomic E-state index is -4.48. The molecule has 0 aromatic heterocycles. The molecule has 0 amide bonds. The van der Waals surface area contributed by atoms with Gasteiger partial charge in [0.15, 0.2) is 0 Å². The molecular weight excluding hydrogens is 436 g/mol. The summed E-state index contributed by atoms with van der Waals surface area (Å²) in [6.45, 7) is 5.62. The first-order valence-corrected chi connectivity index (χ1v) is 12.6. The minimum absolute atomic E-state index is 0.225. The summed E-state index contributed by atoms with van der Waals surface area (Å²) in [5.41, 5.74) is 4.18. The summed E-state index contributed by atoms with van der Waals surface area (Å²) in [7, 11) is -8.95. The van der Waals surface area contributed by atoms with Gasteiger partial charge in [-0.1, -0.05) is 60.9 Å². The predicted molar refractivity (Wildman–Crippen MR) is 120 cm³/mol. The summed E-state index contributed by atoms with van der Waals surface area (Å²) < 4.78 is 67.4. The zero-order valence-electron chi connectivity index (χ0n) is 17.5. The van der Waals surface area contributed by atoms with Gasteiger partial charge in [0.1, 0.15) is 9.79 Å². The lowest BCUT2D eigenvalue weighted by Crippen LogP contribution is -2.03. The highest BCUT2D eigenvalue weighted by atomic mass is 32.2. The first-order valence-electron chi connectivity index (χ1n) is 9.71. The van der Waals surface area contributed by atoms with Crippen LogP contribution in [0, 0.1) is 13.8 Å². The third kappa shape index (κ3) is 5.22. The zero-order chi connectivity index (χ0) is 23.0. The van der Waals surface area contributed by atoms with Gasteiger partial charge in [-0.2, -0.15) is 16.8 Å². The van der Waals surface area contributed by atoms with Crippen LogP contribution in [-0.2, 0) is 26.7 Å². The fraction of sp³-hybridized carbons (Fsp3) is 0.217. The molecule has 0 heterocycles. The SMILES string of the molecule is CCCc1cc(-c2cc(C)ccc2S(=O)(=O)O)cc(-c2cc(C)ccc2S(=O)(=O)O)c1. The van der Waals surface area contributed by atoms with Gasteiger partial charge in [0, 0.05) is 11.1 Å². The zero-order valence-corrected chi connectivity index (χ0v) is 19.1. The van der Waals surface area contributed by atoms with E-state index in [1.54, 1.807) is 30.3 Å². The molecule has 0 saturated carbocycles. The van der Waals surface area contributed by atoms with Gasteiger partial charge < -0.3 is 0 Å². The van der Waals surface area contributed by atoms with Crippen LogP contribution >= 0.6 is 0 Å². The molecule has 0 saturated heterocycles. The van der Waals surface area contributed by atoms with Gasteiger partial charge in [0.05, 0.1) is 0 Å². The maximum Gasteiger partial charge on any atom is 0.295 e. The Morgan fingerprint density at radius 2 is 1.10 bits per heavy atom. The van der Waals surface area contributed by atoms with E-state index in [1.165, 1.54) is 12.1 Å². The Bertz CT molecular complexity index is 1260. The maximum atomic E-state index is 12.0. The van der Waals surface area contributed by atoms with E-state index in [-0.39, 0.29) is 9.79 Å². The van der Waals surface area contributed by atoms with Gasteiger partial charge in [-0.25, -0.2) is 0 Å². The third-order valence-electron chi connectivity index (χ3n) is 4.98. The molecule has 0 unspecified atom stereocenters. The molecule has 164 valence electrons. The lowest BCUT2D eigenvalue weighted by Gasteiger charge is -2.15. The van der Waals surface area contributed by atoms with Crippen molar-refractivity contribution in [2.45, 2.75) is 43.4 Å². The van der Waals surface area contributed by atoms with E-state index in [4.69, 9.17) is 0 Å². The highest BCUT2D eigenvalue weighted by molar-refractivity contribution is 7.86. The van der Waals surface area contributed by atoms with E-state index in [0.29, 0.717) is 28.7 Å². The molecule has 2 N–H and O–H groups in total. The Kier molecular flexibility index (Phi) is 6.38. The van der Waals surface area contributed by atoms with Crippen molar-refractivity contribution >= 4 is 20.2 Å². The smallest absolute Gasteiger partial charge is 0.282 e. The molecule has 0 fully saturated rings. The molecule has 0 aliphatic rings. The molecule has 8 heteroatoms. The maximum absolute atomic E-state index is 12.0. The molecule has 6 nitrogen and oxygen atoms in total. The molecule has 0 radical (unpaired) electrons. The summed E-state index contributed by atoms with van der Waals surface area (Å²) >= 11 is 0. The van der Waals surface area contributed by atoms with Crippen molar-refractivity contribution in [3.8, 4) is 22.3 Å². The van der Waals surface area contributed by atoms with Crippen LogP contribution < -0.4 is 0 Å². The van der Waals surface area contributed by atoms with Gasteiger partial charge in [-0.3, -0.25) is 9.11 Å². The highest BCUT2D eigenvalue weighted by Gasteiger charge is 2.20. The van der Waals surface area contributed by atoms with Gasteiger partial charge >= 0.3 is 0 Å². The number of hydrogen-bond donors (Lipinski definition) is 2. The van der Waals surface area contributed by atoms with E-state index in [2.05, 4.69) is 0 Å². The Labute approximate surface area is 183 Å². The van der Waals surface area contributed by atoms with Crippen LogP contribution in [0.15, 0.2) is 64.4 Å². The molecular formula is C23H24O6S2. The van der Waals surface area contributed by atoms with Crippen molar-refractivity contribution in [1.82, 2.24) is 0 Å². The van der Waals surface area contributed by atoms with Crippen LogP contribution in [0.5, 0.6) is 0 Å². The number of aryl methyl sites for hydroxylation is 3. The average molecular weight is 461 g/mol. The van der Waals surface area contributed by atoms with Crippen molar-refractivity contribution in [3.05, 3.63) is 71.3 Å². The van der Waals surface area contributed by atoms with Crippen molar-refractivity contribution in [2.24, 2.45) is 0 Å². The van der Waals surface area contributed by atoms with Crippen LogP contribution in [0.4, 0.5) is 0 Å². The topological polar surface area (TPSA) is 109 Å². The van der Waals surface area contributed by atoms with Gasteiger partial charge in [0.25, 0.3) is 20.2 Å². The van der Waals surface area contributed by atoms with Crippen LogP contribution in [-0.4, -0.2) is 25.9 Å². The highest BCUT2D eigenvalue weighted by Crippen LogP contribution is 2.35. The second-order valence-electron chi connectivity index (χ2n) is 7.62. The fourth-order valence-corrected chi connectivity index (χ4v) is 5.01. The molecule has 31 heavy (non-hydrogen) atoms. The number of benzene rings is 3. The van der Waals surface area contributed by atoms with Crippen molar-refractivity contribution < 1.29 is 25.9 Å². The van der Waals surface area contributed by atoms with Crippen molar-refractivity contribution in [1.29, 1.82) is 0 Å². The standard InChI is InChI=1S/C23H24O6S2/c1-4-5-17-12-18(20-10-15(2)6-8-22(20)30(24,25)26)14-19(13-17)21-11-16(3)7-9-23(21)31(27,28)29/h6-14H,4-5H2,1-3H3,(H,24,25,26)(H,27,28,29). The number of hydrogen-bond acceptors (Lipinski definition) is 4. The number of rotatable bonds is 6. The van der Waals surface area contributed by atoms with Crippen LogP contribution in [0.1, 0.15) is 30.0 Å². The first kappa shape index (κ1) is 23.1. The van der Waals surface area contributed by atoms with E-state index < -0.39 is 20.2 Å². The largest absolute Gasteiger partial charge is 0.295 e. The first-order chi connectivity index (χ1) is 14.4. The van der Waals surface area contributed by atoms with Crippen LogP contribution in [0.25, 0.3) is 22.3 Å². The Balaban J connectivity index is 2.37. The van der Waals surface area contributed by atoms with E-state index in [1.807, 2.05) is 32.9 Å². The Morgan fingerprint density at radius 1 is 0.677 bits per heavy atom. The predicted octanol–water partition coefficient (Wildman–Crippen LogP) is 5.08. The molecule has 0 aliphatic carbocycles. The molecule has 0 bridgehead atoms. The van der Waals surface area contributed by atoms with Crippen molar-refractivity contribution in [3.63, 3.8) is 0 Å². The summed E-state index contributed by atoms with van der Waals surface area (Å²) in [5.74, 6) is 0. The van der Waals surface area contributed by atoms with E-state index in [0.717, 1.165) is 23.1 Å². The molecule has 3 aromatic rings. The lowest BCUT2D eigenvalue weighted by molar-refractivity contribution is 0.481. The Morgan fingerprint density at radius 3 is 1.45 bits per heavy atom. The van der Waals surface area contributed by atoms with Crippen LogP contribution in [0.3, 0.4) is 0 Å². The molecule has 0 aliphatic heterocycles. The fourth-order valence-electron chi connectivity index (χ4n) is 3.62. The average Bonchev–Trinajstić information content (AvgIpc) is 2.66. The third-order valence-corrected chi connectivity index (χ3v) is 6.80. The van der Waals surface area contributed by atoms with Gasteiger partial charge in [-0.15, -0.1) is 0 Å². The Hall–Kier alpha value is -2.52. The summed E-state index contributed by atoms with van der Waals surface area (Å²) in [5, 5.41) is 0. The second-order valence-corrected chi connectivity index (χ2v) is 10.4. The van der Waals surface area contributed by atoms with Crippen molar-refractivity contribution in [2.75, 3.05) is 0 Å². The van der Waals surface area contributed by atoms with Gasteiger partial charge in [-0.05, 0) is 55.2 Å². The van der Waals surface area contributed by atoms with Crippen LogP contribution in [0.2, 0.25) is 0 Å². The van der Waals surface area contributed by atoms with Gasteiger partial charge in [0.2, 0.25) is 0 Å². The second kappa shape index (κ2) is 8.55. The molecule has 0 atom stereocenters. The normalized spacial score (nSPS) is 12.2.